The first-order valence-corrected chi connectivity index (χ1v) is 9.62. The lowest BCUT2D eigenvalue weighted by atomic mass is 10.2. The molecule has 2 saturated heterocycles. The van der Waals surface area contributed by atoms with Crippen LogP contribution in [0.25, 0.3) is 0 Å². The maximum Gasteiger partial charge on any atom is 0.276 e. The number of nitrogens with one attached hydrogen (secondary N) is 1. The van der Waals surface area contributed by atoms with Crippen molar-refractivity contribution in [1.82, 2.24) is 9.97 Å². The lowest BCUT2D eigenvalue weighted by Crippen LogP contribution is -2.23. The minimum atomic E-state index is -0.471. The normalized spacial score (nSPS) is 16.8. The predicted molar refractivity (Wildman–Crippen MR) is 104 cm³/mol. The Bertz CT molecular complexity index is 850. The van der Waals surface area contributed by atoms with Crippen molar-refractivity contribution in [3.63, 3.8) is 0 Å². The molecule has 0 spiro atoms. The zero-order valence-electron chi connectivity index (χ0n) is 14.9. The third-order valence-corrected chi connectivity index (χ3v) is 5.22. The van der Waals surface area contributed by atoms with E-state index in [0.29, 0.717) is 11.6 Å². The van der Waals surface area contributed by atoms with Gasteiger partial charge in [0.2, 0.25) is 5.95 Å². The van der Waals surface area contributed by atoms with E-state index in [0.717, 1.165) is 57.5 Å². The molecule has 1 aromatic heterocycles. The summed E-state index contributed by atoms with van der Waals surface area (Å²) in [6.07, 6.45) is 5.78. The Kier molecular flexibility index (Phi) is 5.11. The molecule has 0 saturated carbocycles. The second kappa shape index (κ2) is 7.68. The molecule has 2 fully saturated rings. The molecule has 2 aliphatic rings. The summed E-state index contributed by atoms with van der Waals surface area (Å²) in [6, 6.07) is 4.57. The SMILES string of the molecule is O=C(Nc1cc(F)cc(N2CCCC2)c1)c1nc(N2CCCC2)ncc1Cl. The number of anilines is 3. The van der Waals surface area contributed by atoms with Gasteiger partial charge in [0.05, 0.1) is 11.2 Å². The first kappa shape index (κ1) is 18.0. The Balaban J connectivity index is 1.56. The third kappa shape index (κ3) is 3.98. The molecule has 2 aromatic rings. The molecular formula is C19H21ClFN5O. The van der Waals surface area contributed by atoms with Crippen LogP contribution in [0.15, 0.2) is 24.4 Å². The summed E-state index contributed by atoms with van der Waals surface area (Å²) in [5.41, 5.74) is 1.26. The van der Waals surface area contributed by atoms with Crippen LogP contribution in [0.1, 0.15) is 36.2 Å². The highest BCUT2D eigenvalue weighted by Gasteiger charge is 2.20. The molecule has 4 rings (SSSR count). The Hall–Kier alpha value is -2.41. The molecule has 6 nitrogen and oxygen atoms in total. The lowest BCUT2D eigenvalue weighted by Gasteiger charge is -2.19. The van der Waals surface area contributed by atoms with Gasteiger partial charge in [-0.1, -0.05) is 11.6 Å². The Morgan fingerprint density at radius 2 is 1.70 bits per heavy atom. The molecule has 3 heterocycles. The van der Waals surface area contributed by atoms with Crippen LogP contribution < -0.4 is 15.1 Å². The lowest BCUT2D eigenvalue weighted by molar-refractivity contribution is 0.102. The number of rotatable bonds is 4. The first-order chi connectivity index (χ1) is 13.1. The number of carbonyl (C=O) groups excluding carboxylic acids is 1. The highest BCUT2D eigenvalue weighted by atomic mass is 35.5. The number of hydrogen-bond donors (Lipinski definition) is 1. The number of carbonyl (C=O) groups is 1. The van der Waals surface area contributed by atoms with E-state index in [-0.39, 0.29) is 16.5 Å². The average molecular weight is 390 g/mol. The van der Waals surface area contributed by atoms with Gasteiger partial charge in [0.25, 0.3) is 5.91 Å². The third-order valence-electron chi connectivity index (χ3n) is 4.95. The highest BCUT2D eigenvalue weighted by Crippen LogP contribution is 2.26. The van der Waals surface area contributed by atoms with E-state index in [2.05, 4.69) is 20.2 Å². The maximum atomic E-state index is 14.0. The molecule has 8 heteroatoms. The van der Waals surface area contributed by atoms with Gasteiger partial charge >= 0.3 is 0 Å². The van der Waals surface area contributed by atoms with E-state index in [4.69, 9.17) is 11.6 Å². The molecule has 142 valence electrons. The minimum absolute atomic E-state index is 0.0977. The summed E-state index contributed by atoms with van der Waals surface area (Å²) in [4.78, 5) is 25.4. The number of aromatic nitrogens is 2. The van der Waals surface area contributed by atoms with E-state index in [1.54, 1.807) is 6.07 Å². The number of hydrogen-bond acceptors (Lipinski definition) is 5. The second-order valence-corrected chi connectivity index (χ2v) is 7.31. The van der Waals surface area contributed by atoms with Crippen molar-refractivity contribution < 1.29 is 9.18 Å². The zero-order chi connectivity index (χ0) is 18.8. The molecule has 0 atom stereocenters. The van der Waals surface area contributed by atoms with Gasteiger partial charge in [0.1, 0.15) is 5.82 Å². The molecular weight excluding hydrogens is 369 g/mol. The van der Waals surface area contributed by atoms with Gasteiger partial charge < -0.3 is 15.1 Å². The van der Waals surface area contributed by atoms with Crippen LogP contribution in [-0.4, -0.2) is 42.1 Å². The van der Waals surface area contributed by atoms with Crippen molar-refractivity contribution in [2.45, 2.75) is 25.7 Å². The van der Waals surface area contributed by atoms with E-state index in [9.17, 15) is 9.18 Å². The minimum Gasteiger partial charge on any atom is -0.371 e. The predicted octanol–water partition coefficient (Wildman–Crippen LogP) is 3.72. The molecule has 0 bridgehead atoms. The molecule has 0 radical (unpaired) electrons. The first-order valence-electron chi connectivity index (χ1n) is 9.24. The Morgan fingerprint density at radius 1 is 1.04 bits per heavy atom. The number of halogens is 2. The van der Waals surface area contributed by atoms with Crippen molar-refractivity contribution in [3.8, 4) is 0 Å². The van der Waals surface area contributed by atoms with Gasteiger partial charge in [-0.15, -0.1) is 0 Å². The van der Waals surface area contributed by atoms with Gasteiger partial charge in [-0.25, -0.2) is 14.4 Å². The van der Waals surface area contributed by atoms with Gasteiger partial charge in [0.15, 0.2) is 5.69 Å². The molecule has 2 aliphatic heterocycles. The maximum absolute atomic E-state index is 14.0. The second-order valence-electron chi connectivity index (χ2n) is 6.91. The average Bonchev–Trinajstić information content (AvgIpc) is 3.35. The molecule has 1 amide bonds. The number of benzene rings is 1. The van der Waals surface area contributed by atoms with Crippen LogP contribution in [0.4, 0.5) is 21.7 Å². The summed E-state index contributed by atoms with van der Waals surface area (Å²) in [6.45, 7) is 3.53. The van der Waals surface area contributed by atoms with E-state index in [1.165, 1.54) is 18.3 Å². The monoisotopic (exact) mass is 389 g/mol. The summed E-state index contributed by atoms with van der Waals surface area (Å²) < 4.78 is 14.0. The summed E-state index contributed by atoms with van der Waals surface area (Å²) in [7, 11) is 0. The largest absolute Gasteiger partial charge is 0.371 e. The van der Waals surface area contributed by atoms with Gasteiger partial charge in [-0.2, -0.15) is 0 Å². The molecule has 1 aromatic carbocycles. The van der Waals surface area contributed by atoms with Crippen molar-refractivity contribution in [2.75, 3.05) is 41.3 Å². The summed E-state index contributed by atoms with van der Waals surface area (Å²) in [5.74, 6) is -0.360. The molecule has 0 aliphatic carbocycles. The van der Waals surface area contributed by atoms with Crippen molar-refractivity contribution in [2.24, 2.45) is 0 Å². The van der Waals surface area contributed by atoms with Gasteiger partial charge in [-0.3, -0.25) is 4.79 Å². The number of amides is 1. The van der Waals surface area contributed by atoms with Gasteiger partial charge in [0, 0.05) is 37.6 Å². The van der Waals surface area contributed by atoms with Crippen molar-refractivity contribution >= 4 is 34.8 Å². The summed E-state index contributed by atoms with van der Waals surface area (Å²) >= 11 is 6.14. The van der Waals surface area contributed by atoms with Crippen LogP contribution in [-0.2, 0) is 0 Å². The van der Waals surface area contributed by atoms with Crippen LogP contribution in [0.3, 0.4) is 0 Å². The van der Waals surface area contributed by atoms with Crippen LogP contribution in [0.2, 0.25) is 5.02 Å². The fraction of sp³-hybridized carbons (Fsp3) is 0.421. The zero-order valence-corrected chi connectivity index (χ0v) is 15.7. The summed E-state index contributed by atoms with van der Waals surface area (Å²) in [5, 5.41) is 2.90. The van der Waals surface area contributed by atoms with E-state index < -0.39 is 5.91 Å². The van der Waals surface area contributed by atoms with E-state index >= 15 is 0 Å². The molecule has 1 N–H and O–H groups in total. The van der Waals surface area contributed by atoms with Crippen LogP contribution in [0, 0.1) is 5.82 Å². The van der Waals surface area contributed by atoms with Crippen LogP contribution in [0.5, 0.6) is 0 Å². The standard InChI is InChI=1S/C19H21ClFN5O/c20-16-12-22-19(26-7-3-4-8-26)24-17(16)18(27)23-14-9-13(21)10-15(11-14)25-5-1-2-6-25/h9-12H,1-8H2,(H,23,27). The molecule has 0 unspecified atom stereocenters. The molecule has 27 heavy (non-hydrogen) atoms. The Labute approximate surface area is 162 Å². The highest BCUT2D eigenvalue weighted by molar-refractivity contribution is 6.34. The fourth-order valence-corrected chi connectivity index (χ4v) is 3.76. The Morgan fingerprint density at radius 3 is 2.41 bits per heavy atom. The fourth-order valence-electron chi connectivity index (χ4n) is 3.58. The van der Waals surface area contributed by atoms with Gasteiger partial charge in [-0.05, 0) is 43.9 Å². The smallest absolute Gasteiger partial charge is 0.276 e. The van der Waals surface area contributed by atoms with E-state index in [1.807, 2.05) is 4.90 Å². The quantitative estimate of drug-likeness (QED) is 0.863. The number of nitrogens with zero attached hydrogens (tertiary/aromatic N) is 4. The van der Waals surface area contributed by atoms with Crippen LogP contribution >= 0.6 is 11.6 Å². The van der Waals surface area contributed by atoms with Crippen molar-refractivity contribution in [3.05, 3.63) is 40.9 Å². The van der Waals surface area contributed by atoms with Crippen molar-refractivity contribution in [1.29, 1.82) is 0 Å². The topological polar surface area (TPSA) is 61.4 Å².